The summed E-state index contributed by atoms with van der Waals surface area (Å²) in [5.41, 5.74) is 7.72. The molecule has 0 aromatic carbocycles. The minimum absolute atomic E-state index is 0.156. The lowest BCUT2D eigenvalue weighted by atomic mass is 9.98. The summed E-state index contributed by atoms with van der Waals surface area (Å²) in [6, 6.07) is 4.06. The van der Waals surface area contributed by atoms with Crippen LogP contribution < -0.4 is 5.32 Å². The molecule has 1 amide bonds. The SMILES string of the molecule is CCC/C(=C\C=C(C)C)CCCN(CC(N/C(C)=C(\C)C=O)=C(C)C)C(=O)C1(c2ccc(C)cn2)CC1. The number of hydrogen-bond acceptors (Lipinski definition) is 4. The molecule has 1 aromatic heterocycles. The molecule has 0 radical (unpaired) electrons. The zero-order chi connectivity index (χ0) is 27.6. The number of carbonyl (C=O) groups excluding carboxylic acids is 2. The summed E-state index contributed by atoms with van der Waals surface area (Å²) in [6.07, 6.45) is 12.9. The molecule has 202 valence electrons. The molecule has 0 spiro atoms. The zero-order valence-corrected chi connectivity index (χ0v) is 24.3. The maximum Gasteiger partial charge on any atom is 0.235 e. The van der Waals surface area contributed by atoms with Crippen LogP contribution in [0, 0.1) is 6.92 Å². The van der Waals surface area contributed by atoms with Crippen molar-refractivity contribution in [3.05, 3.63) is 75.4 Å². The number of rotatable bonds is 14. The first-order valence-corrected chi connectivity index (χ1v) is 13.7. The minimum Gasteiger partial charge on any atom is -0.361 e. The third-order valence-corrected chi connectivity index (χ3v) is 7.06. The number of pyridine rings is 1. The standard InChI is InChI=1S/C32H47N3O2/c1-9-11-28(15-13-23(2)3)12-10-19-35(21-29(24(4)5)34-27(8)26(7)22-36)31(37)32(17-18-32)30-16-14-25(6)20-33-30/h13-16,20,22,34H,9-12,17-19,21H2,1-8H3/b27-26+,28-15+. The van der Waals surface area contributed by atoms with Crippen LogP contribution in [0.15, 0.2) is 64.2 Å². The van der Waals surface area contributed by atoms with Gasteiger partial charge in [0, 0.05) is 29.7 Å². The largest absolute Gasteiger partial charge is 0.361 e. The average Bonchev–Trinajstić information content (AvgIpc) is 3.67. The number of allylic oxidation sites excluding steroid dienone is 7. The van der Waals surface area contributed by atoms with Gasteiger partial charge in [0.1, 0.15) is 6.29 Å². The lowest BCUT2D eigenvalue weighted by Gasteiger charge is -2.30. The Morgan fingerprint density at radius 2 is 1.78 bits per heavy atom. The van der Waals surface area contributed by atoms with Crippen molar-refractivity contribution in [2.45, 2.75) is 99.3 Å². The van der Waals surface area contributed by atoms with E-state index < -0.39 is 5.41 Å². The lowest BCUT2D eigenvalue weighted by Crippen LogP contribution is -2.43. The van der Waals surface area contributed by atoms with Gasteiger partial charge >= 0.3 is 0 Å². The van der Waals surface area contributed by atoms with Crippen LogP contribution >= 0.6 is 0 Å². The van der Waals surface area contributed by atoms with Gasteiger partial charge in [0.25, 0.3) is 0 Å². The highest BCUT2D eigenvalue weighted by Crippen LogP contribution is 2.49. The molecule has 0 saturated heterocycles. The van der Waals surface area contributed by atoms with Crippen LogP contribution in [0.3, 0.4) is 0 Å². The third-order valence-electron chi connectivity index (χ3n) is 7.06. The molecule has 1 aromatic rings. The van der Waals surface area contributed by atoms with Crippen LogP contribution in [0.2, 0.25) is 0 Å². The van der Waals surface area contributed by atoms with Gasteiger partial charge in [-0.15, -0.1) is 0 Å². The molecule has 0 unspecified atom stereocenters. The van der Waals surface area contributed by atoms with E-state index in [4.69, 9.17) is 0 Å². The first-order chi connectivity index (χ1) is 17.5. The van der Waals surface area contributed by atoms with Gasteiger partial charge in [0.15, 0.2) is 0 Å². The highest BCUT2D eigenvalue weighted by Gasteiger charge is 2.54. The van der Waals surface area contributed by atoms with Crippen molar-refractivity contribution in [1.82, 2.24) is 15.2 Å². The van der Waals surface area contributed by atoms with Gasteiger partial charge < -0.3 is 10.2 Å². The van der Waals surface area contributed by atoms with Gasteiger partial charge in [-0.1, -0.05) is 48.3 Å². The number of hydrogen-bond donors (Lipinski definition) is 1. The summed E-state index contributed by atoms with van der Waals surface area (Å²) in [4.78, 5) is 32.1. The molecule has 1 fully saturated rings. The summed E-state index contributed by atoms with van der Waals surface area (Å²) < 4.78 is 0. The Kier molecular flexibility index (Phi) is 11.5. The van der Waals surface area contributed by atoms with Crippen molar-refractivity contribution >= 4 is 12.2 Å². The molecule has 37 heavy (non-hydrogen) atoms. The normalized spacial score (nSPS) is 14.9. The molecular weight excluding hydrogens is 458 g/mol. The highest BCUT2D eigenvalue weighted by atomic mass is 16.2. The van der Waals surface area contributed by atoms with Gasteiger partial charge in [0.2, 0.25) is 5.91 Å². The fraction of sp³-hybridized carbons (Fsp3) is 0.531. The quantitative estimate of drug-likeness (QED) is 0.166. The summed E-state index contributed by atoms with van der Waals surface area (Å²) in [5, 5.41) is 3.42. The third kappa shape index (κ3) is 8.84. The van der Waals surface area contributed by atoms with Crippen LogP contribution in [-0.2, 0) is 15.0 Å². The topological polar surface area (TPSA) is 62.3 Å². The van der Waals surface area contributed by atoms with Gasteiger partial charge in [-0.05, 0) is 92.2 Å². The summed E-state index contributed by atoms with van der Waals surface area (Å²) >= 11 is 0. The van der Waals surface area contributed by atoms with Crippen molar-refractivity contribution in [2.75, 3.05) is 13.1 Å². The van der Waals surface area contributed by atoms with Crippen molar-refractivity contribution in [1.29, 1.82) is 0 Å². The molecule has 5 nitrogen and oxygen atoms in total. The van der Waals surface area contributed by atoms with Crippen molar-refractivity contribution < 1.29 is 9.59 Å². The molecule has 0 atom stereocenters. The molecule has 1 N–H and O–H groups in total. The van der Waals surface area contributed by atoms with Gasteiger partial charge in [0.05, 0.1) is 17.7 Å². The molecule has 1 aliphatic rings. The van der Waals surface area contributed by atoms with E-state index in [9.17, 15) is 9.59 Å². The van der Waals surface area contributed by atoms with Gasteiger partial charge in [-0.2, -0.15) is 0 Å². The maximum atomic E-state index is 14.1. The fourth-order valence-electron chi connectivity index (χ4n) is 4.33. The Hall–Kier alpha value is -2.95. The first kappa shape index (κ1) is 30.3. The van der Waals surface area contributed by atoms with E-state index in [2.05, 4.69) is 43.2 Å². The second kappa shape index (κ2) is 14.1. The minimum atomic E-state index is -0.520. The van der Waals surface area contributed by atoms with E-state index in [-0.39, 0.29) is 5.91 Å². The summed E-state index contributed by atoms with van der Waals surface area (Å²) in [6.45, 7) is 17.4. The van der Waals surface area contributed by atoms with Crippen LogP contribution in [0.25, 0.3) is 0 Å². The Morgan fingerprint density at radius 1 is 1.08 bits per heavy atom. The molecule has 1 heterocycles. The molecule has 0 aliphatic heterocycles. The average molecular weight is 506 g/mol. The van der Waals surface area contributed by atoms with Crippen molar-refractivity contribution in [2.24, 2.45) is 0 Å². The van der Waals surface area contributed by atoms with Crippen LogP contribution in [-0.4, -0.2) is 35.2 Å². The second-order valence-corrected chi connectivity index (χ2v) is 11.0. The number of aryl methyl sites for hydroxylation is 1. The molecular formula is C32H47N3O2. The number of aldehydes is 1. The Bertz CT molecular complexity index is 1060. The number of nitrogens with one attached hydrogen (secondary N) is 1. The second-order valence-electron chi connectivity index (χ2n) is 11.0. The van der Waals surface area contributed by atoms with E-state index >= 15 is 0 Å². The predicted octanol–water partition coefficient (Wildman–Crippen LogP) is 7.10. The van der Waals surface area contributed by atoms with E-state index in [1.807, 2.05) is 50.9 Å². The molecule has 1 saturated carbocycles. The first-order valence-electron chi connectivity index (χ1n) is 13.7. The van der Waals surface area contributed by atoms with Crippen LogP contribution in [0.5, 0.6) is 0 Å². The monoisotopic (exact) mass is 505 g/mol. The van der Waals surface area contributed by atoms with Crippen molar-refractivity contribution in [3.8, 4) is 0 Å². The number of amides is 1. The number of nitrogens with zero attached hydrogens (tertiary/aromatic N) is 2. The number of carbonyl (C=O) groups is 2. The Labute approximate surface area is 224 Å². The van der Waals surface area contributed by atoms with Crippen LogP contribution in [0.1, 0.15) is 98.2 Å². The smallest absolute Gasteiger partial charge is 0.235 e. The molecule has 5 heteroatoms. The fourth-order valence-corrected chi connectivity index (χ4v) is 4.33. The Morgan fingerprint density at radius 3 is 2.30 bits per heavy atom. The van der Waals surface area contributed by atoms with E-state index in [0.717, 1.165) is 73.0 Å². The summed E-state index contributed by atoms with van der Waals surface area (Å²) in [7, 11) is 0. The van der Waals surface area contributed by atoms with E-state index in [0.29, 0.717) is 18.7 Å². The molecule has 2 rings (SSSR count). The summed E-state index contributed by atoms with van der Waals surface area (Å²) in [5.74, 6) is 0.156. The maximum absolute atomic E-state index is 14.1. The van der Waals surface area contributed by atoms with E-state index in [1.54, 1.807) is 6.92 Å². The van der Waals surface area contributed by atoms with Crippen LogP contribution in [0.4, 0.5) is 0 Å². The Balaban J connectivity index is 2.32. The predicted molar refractivity (Wildman–Crippen MR) is 154 cm³/mol. The van der Waals surface area contributed by atoms with E-state index in [1.165, 1.54) is 11.1 Å². The highest BCUT2D eigenvalue weighted by molar-refractivity contribution is 5.91. The van der Waals surface area contributed by atoms with Gasteiger partial charge in [-0.25, -0.2) is 0 Å². The molecule has 1 aliphatic carbocycles. The van der Waals surface area contributed by atoms with Gasteiger partial charge in [-0.3, -0.25) is 14.6 Å². The van der Waals surface area contributed by atoms with Crippen molar-refractivity contribution in [3.63, 3.8) is 0 Å². The number of aromatic nitrogens is 1. The lowest BCUT2D eigenvalue weighted by molar-refractivity contribution is -0.133. The zero-order valence-electron chi connectivity index (χ0n) is 24.3. The molecule has 0 bridgehead atoms.